The van der Waals surface area contributed by atoms with Gasteiger partial charge in [-0.2, -0.15) is 0 Å². The van der Waals surface area contributed by atoms with Crippen molar-refractivity contribution in [1.82, 2.24) is 10.2 Å². The van der Waals surface area contributed by atoms with Crippen LogP contribution in [0.4, 0.5) is 4.79 Å². The Bertz CT molecular complexity index is 875. The van der Waals surface area contributed by atoms with Gasteiger partial charge in [0.05, 0.1) is 37.5 Å². The van der Waals surface area contributed by atoms with E-state index in [1.165, 1.54) is 0 Å². The number of aliphatic hydroxyl groups is 1. The number of ketones is 2. The molecular weight excluding hydrogens is 414 g/mol. The summed E-state index contributed by atoms with van der Waals surface area (Å²) in [6, 6.07) is 0.185. The van der Waals surface area contributed by atoms with Gasteiger partial charge in [0.1, 0.15) is 12.9 Å². The first-order chi connectivity index (χ1) is 14.8. The zero-order valence-electron chi connectivity index (χ0n) is 17.1. The van der Waals surface area contributed by atoms with Gasteiger partial charge >= 0.3 is 6.09 Å². The third-order valence-corrected chi connectivity index (χ3v) is 6.22. The number of aliphatic hydroxyl groups excluding tert-OH is 1. The van der Waals surface area contributed by atoms with Crippen LogP contribution in [0.2, 0.25) is 0 Å². The number of methoxy groups -OCH3 is 1. The van der Waals surface area contributed by atoms with Gasteiger partial charge in [0, 0.05) is 30.8 Å². The number of carboxylic acid groups (broad SMARTS) is 1. The molecule has 3 saturated heterocycles. The summed E-state index contributed by atoms with van der Waals surface area (Å²) in [7, 11) is 1.56. The number of nitrogens with zero attached hydrogens (tertiary/aromatic N) is 1. The highest BCUT2D eigenvalue weighted by Gasteiger charge is 2.72. The third-order valence-electron chi connectivity index (χ3n) is 6.22. The van der Waals surface area contributed by atoms with Gasteiger partial charge < -0.3 is 45.1 Å². The highest BCUT2D eigenvalue weighted by molar-refractivity contribution is 6.25. The predicted molar refractivity (Wildman–Crippen MR) is 101 cm³/mol. The summed E-state index contributed by atoms with van der Waals surface area (Å²) in [6.45, 7) is 2.63. The van der Waals surface area contributed by atoms with E-state index in [0.717, 1.165) is 0 Å². The highest BCUT2D eigenvalue weighted by Crippen LogP contribution is 2.55. The van der Waals surface area contributed by atoms with Gasteiger partial charge in [-0.3, -0.25) is 9.59 Å². The van der Waals surface area contributed by atoms with E-state index in [9.17, 15) is 14.7 Å². The first kappa shape index (κ1) is 21.7. The number of carbonyl (C=O) groups excluding carboxylic acids is 2. The van der Waals surface area contributed by atoms with Gasteiger partial charge in [0.15, 0.2) is 11.5 Å². The molecule has 4 aliphatic heterocycles. The molecule has 31 heavy (non-hydrogen) atoms. The molecule has 1 amide bonds. The molecule has 3 fully saturated rings. The lowest BCUT2D eigenvalue weighted by atomic mass is 9.83. The standard InChI is InChI=1S/C18H22N2O7.CH3NO2/c1-8-14(22)13-12(15(23)16(8)27-9-5-25-7-26-6-9)10(4-21)18(24-2)17-11(19-17)3-20(13)18;2-1(3)4/h9-11,17,19,21H,3-7H2,1-2H3;2H2,(H,3,4). The smallest absolute Gasteiger partial charge is 0.402 e. The first-order valence-electron chi connectivity index (χ1n) is 9.82. The van der Waals surface area contributed by atoms with Crippen molar-refractivity contribution in [2.24, 2.45) is 11.7 Å². The van der Waals surface area contributed by atoms with E-state index in [1.54, 1.807) is 14.0 Å². The number of ether oxygens (including phenoxy) is 4. The predicted octanol–water partition coefficient (Wildman–Crippen LogP) is -1.70. The number of fused-ring (bicyclic) bond motifs is 4. The summed E-state index contributed by atoms with van der Waals surface area (Å²) in [5.74, 6) is -1.22. The number of amides is 1. The van der Waals surface area contributed by atoms with E-state index < -0.39 is 23.8 Å². The minimum absolute atomic E-state index is 0.0176. The van der Waals surface area contributed by atoms with Crippen molar-refractivity contribution < 1.29 is 43.5 Å². The minimum atomic E-state index is -1.33. The van der Waals surface area contributed by atoms with Crippen molar-refractivity contribution in [3.63, 3.8) is 0 Å². The molecular formula is C19H25N3O9. The average molecular weight is 439 g/mol. The van der Waals surface area contributed by atoms with Crippen LogP contribution in [0.3, 0.4) is 0 Å². The van der Waals surface area contributed by atoms with Gasteiger partial charge in [-0.25, -0.2) is 4.79 Å². The number of hydrogen-bond donors (Lipinski definition) is 4. The molecule has 4 heterocycles. The number of nitrogens with two attached hydrogens (primary N) is 1. The summed E-state index contributed by atoms with van der Waals surface area (Å²) >= 11 is 0. The first-order valence-corrected chi connectivity index (χ1v) is 9.82. The number of piperazine rings is 1. The highest BCUT2D eigenvalue weighted by atomic mass is 16.7. The van der Waals surface area contributed by atoms with E-state index in [-0.39, 0.29) is 67.2 Å². The molecule has 4 atom stereocenters. The van der Waals surface area contributed by atoms with Crippen molar-refractivity contribution in [2.45, 2.75) is 30.8 Å². The van der Waals surface area contributed by atoms with Gasteiger partial charge in [-0.15, -0.1) is 0 Å². The number of Topliss-reactive ketones (excluding diaryl/α,β-unsaturated/α-hetero) is 2. The van der Waals surface area contributed by atoms with Crippen molar-refractivity contribution in [3.05, 3.63) is 22.6 Å². The Morgan fingerprint density at radius 1 is 1.32 bits per heavy atom. The monoisotopic (exact) mass is 439 g/mol. The lowest BCUT2D eigenvalue weighted by Gasteiger charge is -2.39. The molecule has 5 N–H and O–H groups in total. The van der Waals surface area contributed by atoms with Gasteiger partial charge in [0.25, 0.3) is 0 Å². The van der Waals surface area contributed by atoms with Crippen molar-refractivity contribution in [1.29, 1.82) is 0 Å². The molecule has 4 unspecified atom stereocenters. The van der Waals surface area contributed by atoms with Crippen LogP contribution in [0.5, 0.6) is 0 Å². The summed E-state index contributed by atoms with van der Waals surface area (Å²) in [5.41, 5.74) is 4.01. The Morgan fingerprint density at radius 3 is 2.55 bits per heavy atom. The molecule has 0 aromatic rings. The second-order valence-corrected chi connectivity index (χ2v) is 7.86. The summed E-state index contributed by atoms with van der Waals surface area (Å²) in [5, 5.41) is 20.6. The Morgan fingerprint density at radius 2 is 1.97 bits per heavy atom. The van der Waals surface area contributed by atoms with Crippen LogP contribution < -0.4 is 11.1 Å². The van der Waals surface area contributed by atoms with Gasteiger partial charge in [-0.05, 0) is 6.92 Å². The molecule has 5 aliphatic rings. The number of rotatable bonds is 4. The molecule has 0 spiro atoms. The second-order valence-electron chi connectivity index (χ2n) is 7.86. The Hall–Kier alpha value is -2.51. The lowest BCUT2D eigenvalue weighted by molar-refractivity contribution is -0.160. The van der Waals surface area contributed by atoms with Crippen LogP contribution in [0.25, 0.3) is 0 Å². The zero-order chi connectivity index (χ0) is 22.5. The minimum Gasteiger partial charge on any atom is -0.481 e. The Balaban J connectivity index is 0.000000535. The lowest BCUT2D eigenvalue weighted by Crippen LogP contribution is -2.54. The van der Waals surface area contributed by atoms with Crippen molar-refractivity contribution >= 4 is 17.7 Å². The van der Waals surface area contributed by atoms with E-state index in [1.807, 2.05) is 4.90 Å². The van der Waals surface area contributed by atoms with Crippen LogP contribution in [0.15, 0.2) is 22.6 Å². The summed E-state index contributed by atoms with van der Waals surface area (Å²) in [6.07, 6.45) is -1.79. The fourth-order valence-corrected chi connectivity index (χ4v) is 4.96. The Labute approximate surface area is 177 Å². The summed E-state index contributed by atoms with van der Waals surface area (Å²) in [4.78, 5) is 37.1. The maximum Gasteiger partial charge on any atom is 0.402 e. The molecule has 0 radical (unpaired) electrons. The number of carbonyl (C=O) groups is 3. The maximum atomic E-state index is 13.3. The van der Waals surface area contributed by atoms with E-state index in [4.69, 9.17) is 28.8 Å². The largest absolute Gasteiger partial charge is 0.481 e. The van der Waals surface area contributed by atoms with Crippen LogP contribution in [-0.4, -0.2) is 97.0 Å². The zero-order valence-corrected chi connectivity index (χ0v) is 17.1. The number of allylic oxidation sites excluding steroid dienone is 2. The molecule has 12 heteroatoms. The SMILES string of the molecule is COC12C(CO)C3=C(C(=O)C(C)=C(OC4COCOC4)C3=O)N1CC1NC12.NC(=O)O. The fraction of sp³-hybridized carbons (Fsp3) is 0.632. The van der Waals surface area contributed by atoms with E-state index in [2.05, 4.69) is 11.1 Å². The van der Waals surface area contributed by atoms with Crippen LogP contribution in [0, 0.1) is 5.92 Å². The normalized spacial score (nSPS) is 34.2. The second kappa shape index (κ2) is 7.88. The quantitative estimate of drug-likeness (QED) is 0.290. The number of nitrogens with one attached hydrogen (secondary N) is 1. The molecule has 170 valence electrons. The van der Waals surface area contributed by atoms with Crippen molar-refractivity contribution in [2.75, 3.05) is 40.3 Å². The molecule has 12 nitrogen and oxygen atoms in total. The fourth-order valence-electron chi connectivity index (χ4n) is 4.96. The molecule has 5 rings (SSSR count). The third kappa shape index (κ3) is 3.22. The molecule has 0 aromatic carbocycles. The van der Waals surface area contributed by atoms with E-state index in [0.29, 0.717) is 12.2 Å². The summed E-state index contributed by atoms with van der Waals surface area (Å²) < 4.78 is 22.1. The van der Waals surface area contributed by atoms with Crippen molar-refractivity contribution in [3.8, 4) is 0 Å². The molecule has 1 aliphatic carbocycles. The Kier molecular flexibility index (Phi) is 5.52. The molecule has 0 saturated carbocycles. The van der Waals surface area contributed by atoms with Crippen LogP contribution in [0.1, 0.15) is 6.92 Å². The van der Waals surface area contributed by atoms with Gasteiger partial charge in [0.2, 0.25) is 11.6 Å². The topological polar surface area (TPSA) is 180 Å². The maximum absolute atomic E-state index is 13.3. The number of hydrogen-bond acceptors (Lipinski definition) is 10. The average Bonchev–Trinajstić information content (AvgIpc) is 3.35. The van der Waals surface area contributed by atoms with Crippen LogP contribution >= 0.6 is 0 Å². The number of primary amides is 1. The molecule has 0 bridgehead atoms. The van der Waals surface area contributed by atoms with Crippen LogP contribution in [-0.2, 0) is 28.5 Å². The van der Waals surface area contributed by atoms with Gasteiger partial charge in [-0.1, -0.05) is 0 Å². The van der Waals surface area contributed by atoms with E-state index >= 15 is 0 Å². The molecule has 0 aromatic heterocycles.